The minimum atomic E-state index is -0.602. The maximum Gasteiger partial charge on any atom is 0.0691 e. The van der Waals surface area contributed by atoms with Crippen LogP contribution in [0.1, 0.15) is 51.5 Å². The number of rotatable bonds is 4. The molecule has 1 nitrogen and oxygen atoms in total. The topological polar surface area (TPSA) is 20.2 Å². The Kier molecular flexibility index (Phi) is 5.39. The van der Waals surface area contributed by atoms with Crippen molar-refractivity contribution in [1.29, 1.82) is 0 Å². The second-order valence-corrected chi connectivity index (χ2v) is 7.57. The van der Waals surface area contributed by atoms with E-state index >= 15 is 0 Å². The Labute approximate surface area is 132 Å². The van der Waals surface area contributed by atoms with Crippen molar-refractivity contribution in [1.82, 2.24) is 0 Å². The Morgan fingerprint density at radius 2 is 2.10 bits per heavy atom. The fourth-order valence-corrected chi connectivity index (χ4v) is 3.98. The average molecular weight is 315 g/mol. The SMILES string of the molecule is CC(C)CC1CCCC(O)(Cc2ccc(Cl)cc2Cl)C1. The van der Waals surface area contributed by atoms with Gasteiger partial charge in [-0.15, -0.1) is 0 Å². The molecule has 0 amide bonds. The number of aliphatic hydroxyl groups is 1. The highest BCUT2D eigenvalue weighted by Crippen LogP contribution is 2.38. The van der Waals surface area contributed by atoms with Crippen LogP contribution in [0, 0.1) is 11.8 Å². The molecule has 112 valence electrons. The largest absolute Gasteiger partial charge is 0.390 e. The first kappa shape index (κ1) is 16.1. The summed E-state index contributed by atoms with van der Waals surface area (Å²) >= 11 is 12.2. The Bertz CT molecular complexity index is 458. The van der Waals surface area contributed by atoms with Crippen LogP contribution in [0.4, 0.5) is 0 Å². The van der Waals surface area contributed by atoms with E-state index in [9.17, 15) is 5.11 Å². The summed E-state index contributed by atoms with van der Waals surface area (Å²) in [7, 11) is 0. The van der Waals surface area contributed by atoms with E-state index in [1.54, 1.807) is 6.07 Å². The summed E-state index contributed by atoms with van der Waals surface area (Å²) in [6.07, 6.45) is 5.97. The molecule has 0 aliphatic heterocycles. The summed E-state index contributed by atoms with van der Waals surface area (Å²) in [5.41, 5.74) is 0.402. The molecule has 2 atom stereocenters. The van der Waals surface area contributed by atoms with Crippen molar-refractivity contribution in [3.63, 3.8) is 0 Å². The van der Waals surface area contributed by atoms with Crippen LogP contribution in [0.25, 0.3) is 0 Å². The lowest BCUT2D eigenvalue weighted by atomic mass is 9.73. The predicted octanol–water partition coefficient (Wildman–Crippen LogP) is 5.50. The van der Waals surface area contributed by atoms with Gasteiger partial charge in [0, 0.05) is 16.5 Å². The van der Waals surface area contributed by atoms with Crippen molar-refractivity contribution in [2.24, 2.45) is 11.8 Å². The highest BCUT2D eigenvalue weighted by molar-refractivity contribution is 6.35. The summed E-state index contributed by atoms with van der Waals surface area (Å²) in [5.74, 6) is 1.33. The summed E-state index contributed by atoms with van der Waals surface area (Å²) in [5, 5.41) is 12.2. The first-order valence-corrected chi connectivity index (χ1v) is 8.30. The van der Waals surface area contributed by atoms with Gasteiger partial charge in [0.05, 0.1) is 5.60 Å². The van der Waals surface area contributed by atoms with Gasteiger partial charge in [-0.2, -0.15) is 0 Å². The average Bonchev–Trinajstić information content (AvgIpc) is 2.32. The maximum absolute atomic E-state index is 10.9. The minimum absolute atomic E-state index is 0.602. The Morgan fingerprint density at radius 1 is 1.35 bits per heavy atom. The zero-order valence-electron chi connectivity index (χ0n) is 12.3. The smallest absolute Gasteiger partial charge is 0.0691 e. The molecule has 1 saturated carbocycles. The van der Waals surface area contributed by atoms with E-state index in [4.69, 9.17) is 23.2 Å². The molecule has 1 aliphatic carbocycles. The van der Waals surface area contributed by atoms with Crippen molar-refractivity contribution in [2.45, 2.75) is 58.0 Å². The third kappa shape index (κ3) is 4.38. The molecule has 1 aromatic rings. The fraction of sp³-hybridized carbons (Fsp3) is 0.647. The molecule has 0 bridgehead atoms. The Hall–Kier alpha value is -0.240. The van der Waals surface area contributed by atoms with Gasteiger partial charge in [-0.1, -0.05) is 56.0 Å². The summed E-state index contributed by atoms with van der Waals surface area (Å²) in [6.45, 7) is 4.51. The number of hydrogen-bond acceptors (Lipinski definition) is 1. The van der Waals surface area contributed by atoms with Gasteiger partial charge in [0.25, 0.3) is 0 Å². The molecule has 2 unspecified atom stereocenters. The van der Waals surface area contributed by atoms with Crippen LogP contribution in [-0.2, 0) is 6.42 Å². The lowest BCUT2D eigenvalue weighted by Crippen LogP contribution is -2.37. The quantitative estimate of drug-likeness (QED) is 0.777. The van der Waals surface area contributed by atoms with Crippen LogP contribution in [0.5, 0.6) is 0 Å². The normalized spacial score (nSPS) is 27.0. The predicted molar refractivity (Wildman–Crippen MR) is 86.5 cm³/mol. The molecule has 1 aromatic carbocycles. The van der Waals surface area contributed by atoms with Crippen LogP contribution in [0.2, 0.25) is 10.0 Å². The van der Waals surface area contributed by atoms with Crippen LogP contribution < -0.4 is 0 Å². The number of benzene rings is 1. The molecule has 0 saturated heterocycles. The van der Waals surface area contributed by atoms with Crippen LogP contribution in [0.3, 0.4) is 0 Å². The molecule has 2 rings (SSSR count). The molecule has 20 heavy (non-hydrogen) atoms. The van der Waals surface area contributed by atoms with Crippen LogP contribution in [-0.4, -0.2) is 10.7 Å². The van der Waals surface area contributed by atoms with Crippen molar-refractivity contribution in [2.75, 3.05) is 0 Å². The van der Waals surface area contributed by atoms with E-state index in [0.717, 1.165) is 24.8 Å². The van der Waals surface area contributed by atoms with Crippen molar-refractivity contribution in [3.05, 3.63) is 33.8 Å². The molecular weight excluding hydrogens is 291 g/mol. The minimum Gasteiger partial charge on any atom is -0.390 e. The van der Waals surface area contributed by atoms with Gasteiger partial charge >= 0.3 is 0 Å². The number of halogens is 2. The zero-order valence-corrected chi connectivity index (χ0v) is 13.8. The standard InChI is InChI=1S/C17H24Cl2O/c1-12(2)8-13-4-3-7-17(20,10-13)11-14-5-6-15(18)9-16(14)19/h5-6,9,12-13,20H,3-4,7-8,10-11H2,1-2H3. The Morgan fingerprint density at radius 3 is 2.75 bits per heavy atom. The molecule has 0 aromatic heterocycles. The number of hydrogen-bond donors (Lipinski definition) is 1. The van der Waals surface area contributed by atoms with E-state index in [0.29, 0.717) is 28.3 Å². The second kappa shape index (κ2) is 6.68. The first-order valence-electron chi connectivity index (χ1n) is 7.54. The zero-order chi connectivity index (χ0) is 14.8. The summed E-state index contributed by atoms with van der Waals surface area (Å²) in [4.78, 5) is 0. The molecule has 0 radical (unpaired) electrons. The Balaban J connectivity index is 2.06. The van der Waals surface area contributed by atoms with E-state index < -0.39 is 5.60 Å². The molecule has 0 heterocycles. The van der Waals surface area contributed by atoms with E-state index in [1.807, 2.05) is 12.1 Å². The van der Waals surface area contributed by atoms with Gasteiger partial charge in [0.2, 0.25) is 0 Å². The fourth-order valence-electron chi connectivity index (χ4n) is 3.51. The molecular formula is C17H24Cl2O. The van der Waals surface area contributed by atoms with Crippen molar-refractivity contribution in [3.8, 4) is 0 Å². The maximum atomic E-state index is 10.9. The monoisotopic (exact) mass is 314 g/mol. The van der Waals surface area contributed by atoms with Crippen molar-refractivity contribution < 1.29 is 5.11 Å². The lowest BCUT2D eigenvalue weighted by molar-refractivity contribution is -0.0189. The van der Waals surface area contributed by atoms with Gasteiger partial charge in [-0.3, -0.25) is 0 Å². The highest BCUT2D eigenvalue weighted by Gasteiger charge is 2.34. The van der Waals surface area contributed by atoms with Gasteiger partial charge in [0.1, 0.15) is 0 Å². The summed E-state index contributed by atoms with van der Waals surface area (Å²) in [6, 6.07) is 5.55. The van der Waals surface area contributed by atoms with Gasteiger partial charge in [0.15, 0.2) is 0 Å². The van der Waals surface area contributed by atoms with E-state index in [2.05, 4.69) is 13.8 Å². The molecule has 3 heteroatoms. The van der Waals surface area contributed by atoms with Crippen molar-refractivity contribution >= 4 is 23.2 Å². The first-order chi connectivity index (χ1) is 9.38. The van der Waals surface area contributed by atoms with Crippen LogP contribution >= 0.6 is 23.2 Å². The lowest BCUT2D eigenvalue weighted by Gasteiger charge is -2.38. The van der Waals surface area contributed by atoms with Gasteiger partial charge in [-0.05, 0) is 48.8 Å². The molecule has 0 spiro atoms. The third-order valence-electron chi connectivity index (χ3n) is 4.26. The summed E-state index contributed by atoms with van der Waals surface area (Å²) < 4.78 is 0. The van der Waals surface area contributed by atoms with E-state index in [-0.39, 0.29) is 0 Å². The molecule has 1 N–H and O–H groups in total. The third-order valence-corrected chi connectivity index (χ3v) is 4.85. The highest BCUT2D eigenvalue weighted by atomic mass is 35.5. The second-order valence-electron chi connectivity index (χ2n) is 6.73. The molecule has 1 fully saturated rings. The van der Waals surface area contributed by atoms with Gasteiger partial charge in [-0.25, -0.2) is 0 Å². The molecule has 1 aliphatic rings. The van der Waals surface area contributed by atoms with Crippen LogP contribution in [0.15, 0.2) is 18.2 Å². The van der Waals surface area contributed by atoms with E-state index in [1.165, 1.54) is 12.8 Å². The van der Waals surface area contributed by atoms with Gasteiger partial charge < -0.3 is 5.11 Å².